The fourth-order valence-corrected chi connectivity index (χ4v) is 2.28. The van der Waals surface area contributed by atoms with E-state index in [1.165, 1.54) is 19.3 Å². The highest BCUT2D eigenvalue weighted by molar-refractivity contribution is 7.79. The van der Waals surface area contributed by atoms with Crippen LogP contribution in [0.25, 0.3) is 0 Å². The molecule has 1 aromatic carbocycles. The van der Waals surface area contributed by atoms with Gasteiger partial charge in [0.2, 0.25) is 0 Å². The molecule has 0 spiro atoms. The Bertz CT molecular complexity index is 344. The van der Waals surface area contributed by atoms with Crippen LogP contribution in [-0.2, 0) is 11.1 Å². The maximum Gasteiger partial charge on any atom is 0.0366 e. The lowest BCUT2D eigenvalue weighted by Crippen LogP contribution is -2.29. The van der Waals surface area contributed by atoms with Crippen LogP contribution < -0.4 is 4.90 Å². The average Bonchev–Trinajstić information content (AvgIpc) is 2.30. The van der Waals surface area contributed by atoms with E-state index in [2.05, 4.69) is 4.90 Å². The van der Waals surface area contributed by atoms with E-state index in [1.54, 1.807) is 12.1 Å². The number of hydrogen-bond donors (Lipinski definition) is 0. The standard InChI is InChI=1S/C11H15NO2S/c13-15(14)11-6-4-10(5-7-11)12-8-2-1-3-9-12/h4-7H,1-3,8-9H2,(H,13,14)/p-1. The molecule has 0 amide bonds. The van der Waals surface area contributed by atoms with Crippen molar-refractivity contribution >= 4 is 16.8 Å². The first kappa shape index (κ1) is 10.6. The van der Waals surface area contributed by atoms with Crippen molar-refractivity contribution in [3.05, 3.63) is 24.3 Å². The third kappa shape index (κ3) is 2.58. The number of nitrogens with zero attached hydrogens (tertiary/aromatic N) is 1. The van der Waals surface area contributed by atoms with Crippen LogP contribution in [0.15, 0.2) is 29.2 Å². The summed E-state index contributed by atoms with van der Waals surface area (Å²) in [4.78, 5) is 2.66. The summed E-state index contributed by atoms with van der Waals surface area (Å²) in [6.07, 6.45) is 3.77. The predicted molar refractivity (Wildman–Crippen MR) is 59.7 cm³/mol. The third-order valence-corrected chi connectivity index (χ3v) is 3.41. The summed E-state index contributed by atoms with van der Waals surface area (Å²) in [5.74, 6) is 0. The monoisotopic (exact) mass is 224 g/mol. The van der Waals surface area contributed by atoms with Crippen molar-refractivity contribution in [3.63, 3.8) is 0 Å². The zero-order valence-corrected chi connectivity index (χ0v) is 9.33. The first-order chi connectivity index (χ1) is 7.27. The summed E-state index contributed by atoms with van der Waals surface area (Å²) >= 11 is -2.11. The Morgan fingerprint density at radius 2 is 1.67 bits per heavy atom. The van der Waals surface area contributed by atoms with Gasteiger partial charge in [-0.3, -0.25) is 4.21 Å². The second-order valence-corrected chi connectivity index (χ2v) is 4.72. The Balaban J connectivity index is 2.11. The van der Waals surface area contributed by atoms with E-state index in [1.807, 2.05) is 12.1 Å². The summed E-state index contributed by atoms with van der Waals surface area (Å²) in [7, 11) is 0. The molecule has 1 saturated heterocycles. The smallest absolute Gasteiger partial charge is 0.0366 e. The third-order valence-electron chi connectivity index (χ3n) is 2.75. The second kappa shape index (κ2) is 4.77. The van der Waals surface area contributed by atoms with Gasteiger partial charge in [0.05, 0.1) is 0 Å². The maximum atomic E-state index is 10.7. The van der Waals surface area contributed by atoms with E-state index in [4.69, 9.17) is 0 Å². The molecule has 1 aliphatic rings. The molecule has 0 N–H and O–H groups in total. The first-order valence-corrected chi connectivity index (χ1v) is 6.29. The van der Waals surface area contributed by atoms with Gasteiger partial charge in [-0.1, -0.05) is 0 Å². The molecule has 1 aliphatic heterocycles. The Hall–Kier alpha value is -0.870. The van der Waals surface area contributed by atoms with Gasteiger partial charge in [0.1, 0.15) is 0 Å². The molecule has 2 rings (SSSR count). The molecular formula is C11H14NO2S-. The average molecular weight is 224 g/mol. The minimum atomic E-state index is -2.11. The molecule has 82 valence electrons. The summed E-state index contributed by atoms with van der Waals surface area (Å²) < 4.78 is 21.3. The Morgan fingerprint density at radius 3 is 2.20 bits per heavy atom. The van der Waals surface area contributed by atoms with Crippen molar-refractivity contribution in [2.75, 3.05) is 18.0 Å². The van der Waals surface area contributed by atoms with Gasteiger partial charge in [-0.25, -0.2) is 0 Å². The van der Waals surface area contributed by atoms with Gasteiger partial charge >= 0.3 is 0 Å². The fourth-order valence-electron chi connectivity index (χ4n) is 1.92. The molecule has 1 heterocycles. The molecule has 0 aliphatic carbocycles. The molecule has 0 radical (unpaired) electrons. The minimum Gasteiger partial charge on any atom is -0.768 e. The number of benzene rings is 1. The largest absolute Gasteiger partial charge is 0.768 e. The Kier molecular flexibility index (Phi) is 3.38. The van der Waals surface area contributed by atoms with Crippen molar-refractivity contribution in [2.24, 2.45) is 0 Å². The van der Waals surface area contributed by atoms with Crippen LogP contribution in [0.1, 0.15) is 19.3 Å². The van der Waals surface area contributed by atoms with Crippen molar-refractivity contribution in [1.29, 1.82) is 0 Å². The summed E-state index contributed by atoms with van der Waals surface area (Å²) in [6, 6.07) is 7.09. The van der Waals surface area contributed by atoms with E-state index < -0.39 is 11.1 Å². The summed E-state index contributed by atoms with van der Waals surface area (Å²) in [5.41, 5.74) is 1.13. The summed E-state index contributed by atoms with van der Waals surface area (Å²) in [6.45, 7) is 2.17. The normalized spacial score (nSPS) is 18.9. The molecule has 1 unspecified atom stereocenters. The molecule has 0 bridgehead atoms. The van der Waals surface area contributed by atoms with Crippen LogP contribution >= 0.6 is 0 Å². The molecule has 3 nitrogen and oxygen atoms in total. The number of piperidine rings is 1. The molecule has 15 heavy (non-hydrogen) atoms. The quantitative estimate of drug-likeness (QED) is 0.721. The first-order valence-electron chi connectivity index (χ1n) is 5.21. The zero-order chi connectivity index (χ0) is 10.7. The van der Waals surface area contributed by atoms with E-state index >= 15 is 0 Å². The van der Waals surface area contributed by atoms with Gasteiger partial charge in [0.15, 0.2) is 0 Å². The van der Waals surface area contributed by atoms with Crippen LogP contribution in [0.2, 0.25) is 0 Å². The Morgan fingerprint density at radius 1 is 1.07 bits per heavy atom. The minimum absolute atomic E-state index is 0.357. The van der Waals surface area contributed by atoms with Gasteiger partial charge in [-0.15, -0.1) is 0 Å². The van der Waals surface area contributed by atoms with Gasteiger partial charge < -0.3 is 9.45 Å². The molecular weight excluding hydrogens is 210 g/mol. The van der Waals surface area contributed by atoms with Crippen molar-refractivity contribution in [3.8, 4) is 0 Å². The van der Waals surface area contributed by atoms with Crippen LogP contribution in [0, 0.1) is 0 Å². The van der Waals surface area contributed by atoms with E-state index in [0.717, 1.165) is 18.8 Å². The van der Waals surface area contributed by atoms with Crippen molar-refractivity contribution < 1.29 is 8.76 Å². The van der Waals surface area contributed by atoms with E-state index in [-0.39, 0.29) is 0 Å². The zero-order valence-electron chi connectivity index (χ0n) is 8.52. The fraction of sp³-hybridized carbons (Fsp3) is 0.455. The molecule has 1 fully saturated rings. The van der Waals surface area contributed by atoms with Gasteiger partial charge in [-0.2, -0.15) is 0 Å². The van der Waals surface area contributed by atoms with Crippen LogP contribution in [0.5, 0.6) is 0 Å². The Labute approximate surface area is 92.4 Å². The lowest BCUT2D eigenvalue weighted by atomic mass is 10.1. The number of anilines is 1. The van der Waals surface area contributed by atoms with Gasteiger partial charge in [0.25, 0.3) is 0 Å². The SMILES string of the molecule is O=S([O-])c1ccc(N2CCCCC2)cc1. The van der Waals surface area contributed by atoms with E-state index in [0.29, 0.717) is 4.90 Å². The number of rotatable bonds is 2. The van der Waals surface area contributed by atoms with Crippen molar-refractivity contribution in [2.45, 2.75) is 24.2 Å². The molecule has 1 atom stereocenters. The maximum absolute atomic E-state index is 10.7. The van der Waals surface area contributed by atoms with Gasteiger partial charge in [-0.05, 0) is 54.6 Å². The molecule has 0 aromatic heterocycles. The lowest BCUT2D eigenvalue weighted by molar-refractivity contribution is 0.537. The highest BCUT2D eigenvalue weighted by Gasteiger charge is 2.10. The second-order valence-electron chi connectivity index (χ2n) is 3.78. The van der Waals surface area contributed by atoms with Gasteiger partial charge in [0, 0.05) is 23.7 Å². The van der Waals surface area contributed by atoms with Crippen LogP contribution in [0.3, 0.4) is 0 Å². The molecule has 4 heteroatoms. The van der Waals surface area contributed by atoms with Crippen LogP contribution in [-0.4, -0.2) is 21.9 Å². The highest BCUT2D eigenvalue weighted by atomic mass is 32.2. The lowest BCUT2D eigenvalue weighted by Gasteiger charge is -2.28. The van der Waals surface area contributed by atoms with Crippen molar-refractivity contribution in [1.82, 2.24) is 0 Å². The topological polar surface area (TPSA) is 43.4 Å². The highest BCUT2D eigenvalue weighted by Crippen LogP contribution is 2.20. The predicted octanol–water partition coefficient (Wildman–Crippen LogP) is 1.91. The van der Waals surface area contributed by atoms with Crippen LogP contribution in [0.4, 0.5) is 5.69 Å². The molecule has 1 aromatic rings. The summed E-state index contributed by atoms with van der Waals surface area (Å²) in [5, 5.41) is 0. The molecule has 0 saturated carbocycles. The van der Waals surface area contributed by atoms with E-state index in [9.17, 15) is 8.76 Å². The number of hydrogen-bond acceptors (Lipinski definition) is 3.